The van der Waals surface area contributed by atoms with E-state index in [9.17, 15) is 0 Å². The molecule has 1 aromatic heterocycles. The SMILES string of the molecule is CN=C(NCCCc1nc(C)cs1)NCc1ccc(C)cc1OC1CCOC1.I. The smallest absolute Gasteiger partial charge is 0.191 e. The van der Waals surface area contributed by atoms with Gasteiger partial charge >= 0.3 is 0 Å². The number of benzene rings is 1. The summed E-state index contributed by atoms with van der Waals surface area (Å²) in [4.78, 5) is 8.83. The highest BCUT2D eigenvalue weighted by molar-refractivity contribution is 14.0. The predicted molar refractivity (Wildman–Crippen MR) is 130 cm³/mol. The Kier molecular flexibility index (Phi) is 10.2. The maximum atomic E-state index is 6.17. The molecule has 1 unspecified atom stereocenters. The molecule has 8 heteroatoms. The van der Waals surface area contributed by atoms with Gasteiger partial charge in [-0.15, -0.1) is 35.3 Å². The molecular formula is C21H31IN4O2S. The van der Waals surface area contributed by atoms with Crippen molar-refractivity contribution in [3.8, 4) is 5.75 Å². The van der Waals surface area contributed by atoms with Gasteiger partial charge in [0.15, 0.2) is 5.96 Å². The van der Waals surface area contributed by atoms with Gasteiger partial charge in [0.1, 0.15) is 11.9 Å². The maximum Gasteiger partial charge on any atom is 0.191 e. The van der Waals surface area contributed by atoms with Crippen molar-refractivity contribution in [2.45, 2.75) is 45.8 Å². The van der Waals surface area contributed by atoms with E-state index in [0.717, 1.165) is 55.4 Å². The Morgan fingerprint density at radius 3 is 2.90 bits per heavy atom. The first-order valence-electron chi connectivity index (χ1n) is 9.83. The lowest BCUT2D eigenvalue weighted by atomic mass is 10.1. The first kappa shape index (κ1) is 23.9. The number of aryl methyl sites for hydroxylation is 3. The molecule has 1 saturated heterocycles. The summed E-state index contributed by atoms with van der Waals surface area (Å²) >= 11 is 1.73. The normalized spacial score (nSPS) is 16.4. The molecule has 2 heterocycles. The summed E-state index contributed by atoms with van der Waals surface area (Å²) in [5.74, 6) is 1.73. The van der Waals surface area contributed by atoms with Crippen LogP contribution in [0.1, 0.15) is 34.7 Å². The van der Waals surface area contributed by atoms with Crippen molar-refractivity contribution in [2.24, 2.45) is 4.99 Å². The summed E-state index contributed by atoms with van der Waals surface area (Å²) in [6.45, 7) is 7.08. The van der Waals surface area contributed by atoms with Crippen LogP contribution in [0.3, 0.4) is 0 Å². The van der Waals surface area contributed by atoms with Gasteiger partial charge < -0.3 is 20.1 Å². The Bertz CT molecular complexity index is 791. The van der Waals surface area contributed by atoms with Gasteiger partial charge in [-0.25, -0.2) is 4.98 Å². The third-order valence-corrected chi connectivity index (χ3v) is 5.63. The van der Waals surface area contributed by atoms with E-state index in [1.807, 2.05) is 6.92 Å². The van der Waals surface area contributed by atoms with Crippen molar-refractivity contribution in [1.82, 2.24) is 15.6 Å². The van der Waals surface area contributed by atoms with Crippen LogP contribution in [0.15, 0.2) is 28.6 Å². The minimum absolute atomic E-state index is 0. The number of hydrogen-bond donors (Lipinski definition) is 2. The molecule has 1 aliphatic heterocycles. The number of aromatic nitrogens is 1. The van der Waals surface area contributed by atoms with Crippen molar-refractivity contribution in [1.29, 1.82) is 0 Å². The minimum atomic E-state index is 0. The van der Waals surface area contributed by atoms with E-state index in [2.05, 4.69) is 51.1 Å². The lowest BCUT2D eigenvalue weighted by Gasteiger charge is -2.18. The lowest BCUT2D eigenvalue weighted by molar-refractivity contribution is 0.140. The second kappa shape index (κ2) is 12.3. The molecule has 3 rings (SSSR count). The highest BCUT2D eigenvalue weighted by Gasteiger charge is 2.18. The number of aliphatic imine (C=N–C) groups is 1. The van der Waals surface area contributed by atoms with E-state index in [-0.39, 0.29) is 30.1 Å². The van der Waals surface area contributed by atoms with Crippen LogP contribution >= 0.6 is 35.3 Å². The van der Waals surface area contributed by atoms with Crippen molar-refractivity contribution in [3.05, 3.63) is 45.4 Å². The van der Waals surface area contributed by atoms with Crippen molar-refractivity contribution >= 4 is 41.3 Å². The average molecular weight is 530 g/mol. The van der Waals surface area contributed by atoms with Gasteiger partial charge in [0, 0.05) is 49.6 Å². The van der Waals surface area contributed by atoms with Crippen LogP contribution in [0.5, 0.6) is 5.75 Å². The van der Waals surface area contributed by atoms with Crippen molar-refractivity contribution in [3.63, 3.8) is 0 Å². The average Bonchev–Trinajstić information content (AvgIpc) is 3.34. The Morgan fingerprint density at radius 2 is 2.21 bits per heavy atom. The molecule has 0 spiro atoms. The third kappa shape index (κ3) is 7.75. The molecule has 0 saturated carbocycles. The summed E-state index contributed by atoms with van der Waals surface area (Å²) in [5, 5.41) is 10.1. The van der Waals surface area contributed by atoms with Crippen LogP contribution < -0.4 is 15.4 Å². The van der Waals surface area contributed by atoms with Crippen LogP contribution in [0.25, 0.3) is 0 Å². The lowest BCUT2D eigenvalue weighted by Crippen LogP contribution is -2.37. The van der Waals surface area contributed by atoms with Gasteiger partial charge in [-0.2, -0.15) is 0 Å². The zero-order valence-corrected chi connectivity index (χ0v) is 20.5. The van der Waals surface area contributed by atoms with Crippen molar-refractivity contribution in [2.75, 3.05) is 26.8 Å². The van der Waals surface area contributed by atoms with Crippen LogP contribution in [-0.4, -0.2) is 43.9 Å². The first-order chi connectivity index (χ1) is 13.6. The van der Waals surface area contributed by atoms with Crippen molar-refractivity contribution < 1.29 is 9.47 Å². The summed E-state index contributed by atoms with van der Waals surface area (Å²) in [6, 6.07) is 6.33. The number of nitrogens with one attached hydrogen (secondary N) is 2. The molecule has 29 heavy (non-hydrogen) atoms. The monoisotopic (exact) mass is 530 g/mol. The second-order valence-electron chi connectivity index (χ2n) is 7.05. The molecule has 0 aliphatic carbocycles. The summed E-state index contributed by atoms with van der Waals surface area (Å²) in [5.41, 5.74) is 3.42. The fourth-order valence-electron chi connectivity index (χ4n) is 3.07. The quantitative estimate of drug-likeness (QED) is 0.235. The van der Waals surface area contributed by atoms with Crippen LogP contribution in [0.4, 0.5) is 0 Å². The Hall–Kier alpha value is -1.39. The summed E-state index contributed by atoms with van der Waals surface area (Å²) in [7, 11) is 1.79. The first-order valence-corrected chi connectivity index (χ1v) is 10.7. The molecule has 0 amide bonds. The highest BCUT2D eigenvalue weighted by atomic mass is 127. The Morgan fingerprint density at radius 1 is 1.34 bits per heavy atom. The summed E-state index contributed by atoms with van der Waals surface area (Å²) < 4.78 is 11.6. The van der Waals surface area contributed by atoms with E-state index in [0.29, 0.717) is 13.2 Å². The Labute approximate surface area is 194 Å². The van der Waals surface area contributed by atoms with Crippen LogP contribution in [0, 0.1) is 13.8 Å². The van der Waals surface area contributed by atoms with E-state index in [4.69, 9.17) is 9.47 Å². The number of ether oxygens (including phenoxy) is 2. The number of guanidine groups is 1. The standard InChI is InChI=1S/C21H30N4O2S.HI/c1-15-6-7-17(19(11-15)27-18-8-10-26-13-18)12-24-21(22-3)23-9-4-5-20-25-16(2)14-28-20;/h6-7,11,14,18H,4-5,8-10,12-13H2,1-3H3,(H2,22,23,24);1H. The molecule has 1 atom stereocenters. The largest absolute Gasteiger partial charge is 0.488 e. The summed E-state index contributed by atoms with van der Waals surface area (Å²) in [6.07, 6.45) is 3.10. The minimum Gasteiger partial charge on any atom is -0.488 e. The fourth-order valence-corrected chi connectivity index (χ4v) is 3.88. The molecule has 1 aromatic carbocycles. The molecule has 1 aliphatic rings. The molecule has 2 N–H and O–H groups in total. The zero-order valence-electron chi connectivity index (χ0n) is 17.4. The van der Waals surface area contributed by atoms with Gasteiger partial charge in [-0.1, -0.05) is 12.1 Å². The van der Waals surface area contributed by atoms with Crippen LogP contribution in [0.2, 0.25) is 0 Å². The topological polar surface area (TPSA) is 67.8 Å². The number of hydrogen-bond acceptors (Lipinski definition) is 5. The molecule has 6 nitrogen and oxygen atoms in total. The fraction of sp³-hybridized carbons (Fsp3) is 0.524. The number of nitrogens with zero attached hydrogens (tertiary/aromatic N) is 2. The molecule has 0 bridgehead atoms. The molecule has 1 fully saturated rings. The number of thiazole rings is 1. The van der Waals surface area contributed by atoms with Gasteiger partial charge in [0.05, 0.1) is 18.2 Å². The van der Waals surface area contributed by atoms with E-state index < -0.39 is 0 Å². The zero-order chi connectivity index (χ0) is 19.8. The van der Waals surface area contributed by atoms with E-state index in [1.165, 1.54) is 10.6 Å². The number of rotatable bonds is 8. The molecular weight excluding hydrogens is 499 g/mol. The molecule has 2 aromatic rings. The van der Waals surface area contributed by atoms with Crippen LogP contribution in [-0.2, 0) is 17.7 Å². The second-order valence-corrected chi connectivity index (χ2v) is 8.00. The maximum absolute atomic E-state index is 6.17. The van der Waals surface area contributed by atoms with Gasteiger partial charge in [0.2, 0.25) is 0 Å². The molecule has 160 valence electrons. The van der Waals surface area contributed by atoms with E-state index >= 15 is 0 Å². The van der Waals surface area contributed by atoms with E-state index in [1.54, 1.807) is 18.4 Å². The number of halogens is 1. The highest BCUT2D eigenvalue weighted by Crippen LogP contribution is 2.23. The van der Waals surface area contributed by atoms with Gasteiger partial charge in [-0.3, -0.25) is 4.99 Å². The third-order valence-electron chi connectivity index (χ3n) is 4.60. The predicted octanol–water partition coefficient (Wildman–Crippen LogP) is 3.84. The van der Waals surface area contributed by atoms with Gasteiger partial charge in [-0.05, 0) is 31.9 Å². The van der Waals surface area contributed by atoms with Gasteiger partial charge in [0.25, 0.3) is 0 Å². The Balaban J connectivity index is 0.00000300. The molecule has 0 radical (unpaired) electrons.